The predicted octanol–water partition coefficient (Wildman–Crippen LogP) is 0.0975. The summed E-state index contributed by atoms with van der Waals surface area (Å²) in [6, 6.07) is 3.84. The minimum Gasteiger partial charge on any atom is -0.399 e. The summed E-state index contributed by atoms with van der Waals surface area (Å²) >= 11 is 0. The number of carbonyl (C=O) groups excluding carboxylic acids is 1. The zero-order chi connectivity index (χ0) is 15.3. The second kappa shape index (κ2) is 6.83. The summed E-state index contributed by atoms with van der Waals surface area (Å²) in [6.07, 6.45) is -2.59. The molecule has 0 saturated carbocycles. The van der Waals surface area contributed by atoms with Gasteiger partial charge in [0.1, 0.15) is 6.10 Å². The molecule has 2 atom stereocenters. The Morgan fingerprint density at radius 3 is 2.70 bits per heavy atom. The van der Waals surface area contributed by atoms with Crippen molar-refractivity contribution in [1.29, 1.82) is 0 Å². The molecule has 0 aliphatic heterocycles. The largest absolute Gasteiger partial charge is 0.399 e. The molecule has 0 bridgehead atoms. The third-order valence-corrected chi connectivity index (χ3v) is 2.75. The molecule has 1 aromatic carbocycles. The van der Waals surface area contributed by atoms with E-state index >= 15 is 0 Å². The summed E-state index contributed by atoms with van der Waals surface area (Å²) < 4.78 is 0. The number of anilines is 1. The number of amides is 1. The van der Waals surface area contributed by atoms with Gasteiger partial charge in [0.05, 0.1) is 16.6 Å². The van der Waals surface area contributed by atoms with E-state index in [0.717, 1.165) is 6.07 Å². The first-order valence-corrected chi connectivity index (χ1v) is 5.97. The highest BCUT2D eigenvalue weighted by Gasteiger charge is 2.26. The molecular weight excluding hydrogens is 266 g/mol. The molecule has 110 valence electrons. The maximum absolute atomic E-state index is 10.9. The van der Waals surface area contributed by atoms with Crippen molar-refractivity contribution in [3.63, 3.8) is 0 Å². The first-order chi connectivity index (χ1) is 9.32. The molecule has 0 radical (unpaired) electrons. The van der Waals surface area contributed by atoms with Gasteiger partial charge in [0.25, 0.3) is 5.69 Å². The van der Waals surface area contributed by atoms with Crippen LogP contribution in [0.2, 0.25) is 0 Å². The Morgan fingerprint density at radius 2 is 2.15 bits per heavy atom. The molecular formula is C12H17N3O5. The summed E-state index contributed by atoms with van der Waals surface area (Å²) in [6.45, 7) is 1.49. The molecule has 0 aliphatic rings. The Labute approximate surface area is 115 Å². The van der Waals surface area contributed by atoms with Gasteiger partial charge in [-0.3, -0.25) is 14.9 Å². The number of nitro benzene ring substituents is 1. The minimum absolute atomic E-state index is 0.0143. The van der Waals surface area contributed by atoms with E-state index in [1.807, 2.05) is 0 Å². The summed E-state index contributed by atoms with van der Waals surface area (Å²) in [5.74, 6) is -0.259. The smallest absolute Gasteiger partial charge is 0.277 e. The second-order valence-corrected chi connectivity index (χ2v) is 4.36. The van der Waals surface area contributed by atoms with Gasteiger partial charge in [-0.05, 0) is 18.6 Å². The van der Waals surface area contributed by atoms with Gasteiger partial charge >= 0.3 is 0 Å². The number of carbonyl (C=O) groups is 1. The number of hydrogen-bond donors (Lipinski definition) is 4. The minimum atomic E-state index is -1.43. The van der Waals surface area contributed by atoms with E-state index in [0.29, 0.717) is 0 Å². The van der Waals surface area contributed by atoms with E-state index in [-0.39, 0.29) is 35.8 Å². The number of nitrogens with one attached hydrogen (secondary N) is 1. The Bertz CT molecular complexity index is 506. The summed E-state index contributed by atoms with van der Waals surface area (Å²) in [4.78, 5) is 20.9. The van der Waals surface area contributed by atoms with Crippen molar-refractivity contribution in [1.82, 2.24) is 5.32 Å². The molecule has 0 aliphatic carbocycles. The maximum Gasteiger partial charge on any atom is 0.277 e. The first-order valence-electron chi connectivity index (χ1n) is 5.97. The molecule has 1 rings (SSSR count). The fraction of sp³-hybridized carbons (Fsp3) is 0.417. The summed E-state index contributed by atoms with van der Waals surface area (Å²) in [5, 5.41) is 33.1. The van der Waals surface area contributed by atoms with Crippen molar-refractivity contribution in [2.45, 2.75) is 25.6 Å². The van der Waals surface area contributed by atoms with Gasteiger partial charge in [0, 0.05) is 25.2 Å². The lowest BCUT2D eigenvalue weighted by Gasteiger charge is -2.18. The average molecular weight is 283 g/mol. The molecule has 1 amide bonds. The van der Waals surface area contributed by atoms with E-state index in [1.54, 1.807) is 0 Å². The third-order valence-electron chi connectivity index (χ3n) is 2.75. The predicted molar refractivity (Wildman–Crippen MR) is 71.8 cm³/mol. The van der Waals surface area contributed by atoms with Crippen LogP contribution in [0.5, 0.6) is 0 Å². The van der Waals surface area contributed by atoms with E-state index in [2.05, 4.69) is 5.32 Å². The van der Waals surface area contributed by atoms with Gasteiger partial charge in [-0.2, -0.15) is 0 Å². The van der Waals surface area contributed by atoms with Crippen molar-refractivity contribution < 1.29 is 19.9 Å². The molecule has 0 aromatic heterocycles. The molecule has 5 N–H and O–H groups in total. The van der Waals surface area contributed by atoms with Crippen molar-refractivity contribution in [2.75, 3.05) is 12.3 Å². The lowest BCUT2D eigenvalue weighted by Crippen LogP contribution is -2.28. The maximum atomic E-state index is 10.9. The molecule has 8 nitrogen and oxygen atoms in total. The van der Waals surface area contributed by atoms with Gasteiger partial charge in [-0.1, -0.05) is 0 Å². The van der Waals surface area contributed by atoms with E-state index in [9.17, 15) is 25.1 Å². The number of nitrogens with two attached hydrogens (primary N) is 1. The van der Waals surface area contributed by atoms with Gasteiger partial charge in [-0.15, -0.1) is 0 Å². The van der Waals surface area contributed by atoms with E-state index in [4.69, 9.17) is 5.73 Å². The normalized spacial score (nSPS) is 13.6. The summed E-state index contributed by atoms with van der Waals surface area (Å²) in [5.41, 5.74) is 5.29. The highest BCUT2D eigenvalue weighted by molar-refractivity contribution is 5.72. The quantitative estimate of drug-likeness (QED) is 0.331. The van der Waals surface area contributed by atoms with Crippen LogP contribution < -0.4 is 11.1 Å². The van der Waals surface area contributed by atoms with Gasteiger partial charge in [-0.25, -0.2) is 0 Å². The van der Waals surface area contributed by atoms with Crippen LogP contribution in [0, 0.1) is 10.1 Å². The average Bonchev–Trinajstić information content (AvgIpc) is 2.37. The zero-order valence-electron chi connectivity index (χ0n) is 10.9. The lowest BCUT2D eigenvalue weighted by atomic mass is 10.00. The number of rotatable bonds is 6. The van der Waals surface area contributed by atoms with Crippen molar-refractivity contribution in [3.8, 4) is 0 Å². The summed E-state index contributed by atoms with van der Waals surface area (Å²) in [7, 11) is 0. The van der Waals surface area contributed by atoms with Crippen molar-refractivity contribution in [2.24, 2.45) is 0 Å². The first kappa shape index (κ1) is 15.9. The Morgan fingerprint density at radius 1 is 1.50 bits per heavy atom. The number of benzene rings is 1. The van der Waals surface area contributed by atoms with Gasteiger partial charge < -0.3 is 21.3 Å². The standard InChI is InChI=1S/C12H17N3O5/c1-7(16)14-5-4-11(17)12(18)9-3-2-8(13)6-10(9)15(19)20/h2-3,6,11-12,17-18H,4-5,13H2,1H3,(H,14,16). The lowest BCUT2D eigenvalue weighted by molar-refractivity contribution is -0.386. The van der Waals surface area contributed by atoms with Crippen LogP contribution in [0.25, 0.3) is 0 Å². The van der Waals surface area contributed by atoms with Crippen LogP contribution in [0.15, 0.2) is 18.2 Å². The third kappa shape index (κ3) is 4.18. The van der Waals surface area contributed by atoms with Crippen LogP contribution in [-0.2, 0) is 4.79 Å². The Kier molecular flexibility index (Phi) is 5.42. The number of nitrogens with zero attached hydrogens (tertiary/aromatic N) is 1. The molecule has 0 heterocycles. The number of nitro groups is 1. The molecule has 0 fully saturated rings. The topological polar surface area (TPSA) is 139 Å². The van der Waals surface area contributed by atoms with Crippen molar-refractivity contribution >= 4 is 17.3 Å². The molecule has 2 unspecified atom stereocenters. The van der Waals surface area contributed by atoms with Crippen LogP contribution >= 0.6 is 0 Å². The van der Waals surface area contributed by atoms with Gasteiger partial charge in [0.15, 0.2) is 0 Å². The number of hydrogen-bond acceptors (Lipinski definition) is 6. The molecule has 20 heavy (non-hydrogen) atoms. The number of aliphatic hydroxyl groups excluding tert-OH is 2. The fourth-order valence-electron chi connectivity index (χ4n) is 1.73. The molecule has 8 heteroatoms. The Hall–Kier alpha value is -2.19. The monoisotopic (exact) mass is 283 g/mol. The Balaban J connectivity index is 2.83. The van der Waals surface area contributed by atoms with Gasteiger partial charge in [0.2, 0.25) is 5.91 Å². The zero-order valence-corrected chi connectivity index (χ0v) is 10.9. The van der Waals surface area contributed by atoms with Crippen LogP contribution in [0.4, 0.5) is 11.4 Å². The second-order valence-electron chi connectivity index (χ2n) is 4.36. The van der Waals surface area contributed by atoms with E-state index in [1.165, 1.54) is 19.1 Å². The molecule has 0 saturated heterocycles. The molecule has 1 aromatic rings. The van der Waals surface area contributed by atoms with Crippen molar-refractivity contribution in [3.05, 3.63) is 33.9 Å². The number of aliphatic hydroxyl groups is 2. The van der Waals surface area contributed by atoms with E-state index < -0.39 is 17.1 Å². The van der Waals surface area contributed by atoms with Crippen LogP contribution in [0.3, 0.4) is 0 Å². The van der Waals surface area contributed by atoms with Crippen LogP contribution in [-0.4, -0.2) is 33.7 Å². The molecule has 0 spiro atoms. The van der Waals surface area contributed by atoms with Crippen LogP contribution in [0.1, 0.15) is 25.0 Å². The highest BCUT2D eigenvalue weighted by atomic mass is 16.6. The SMILES string of the molecule is CC(=O)NCCC(O)C(O)c1ccc(N)cc1[N+](=O)[O-]. The highest BCUT2D eigenvalue weighted by Crippen LogP contribution is 2.29. The number of nitrogen functional groups attached to an aromatic ring is 1. The fourth-order valence-corrected chi connectivity index (χ4v) is 1.73.